The third kappa shape index (κ3) is 2.39. The van der Waals surface area contributed by atoms with E-state index in [2.05, 4.69) is 26.1 Å². The lowest BCUT2D eigenvalue weighted by atomic mass is 10.1. The minimum atomic E-state index is 0.436. The van der Waals surface area contributed by atoms with Crippen molar-refractivity contribution in [1.29, 1.82) is 0 Å². The topological polar surface area (TPSA) is 64.9 Å². The van der Waals surface area contributed by atoms with Gasteiger partial charge < -0.3 is 10.2 Å². The Morgan fingerprint density at radius 3 is 2.74 bits per heavy atom. The summed E-state index contributed by atoms with van der Waals surface area (Å²) in [5.41, 5.74) is 8.58. The molecule has 0 radical (unpaired) electrons. The van der Waals surface area contributed by atoms with Crippen LogP contribution < -0.4 is 5.73 Å². The fourth-order valence-electron chi connectivity index (χ4n) is 2.60. The van der Waals surface area contributed by atoms with Gasteiger partial charge in [0.25, 0.3) is 0 Å². The number of nitrogens with zero attached hydrogens (tertiary/aromatic N) is 2. The molecular weight excluding hydrogens is 306 g/mol. The fourth-order valence-corrected chi connectivity index (χ4v) is 3.08. The van der Waals surface area contributed by atoms with E-state index < -0.39 is 0 Å². The number of halogens is 1. The minimum absolute atomic E-state index is 0.436. The molecule has 0 spiro atoms. The van der Waals surface area contributed by atoms with E-state index in [-0.39, 0.29) is 0 Å². The summed E-state index contributed by atoms with van der Waals surface area (Å²) in [4.78, 5) is 0. The van der Waals surface area contributed by atoms with Crippen LogP contribution in [0.3, 0.4) is 0 Å². The van der Waals surface area contributed by atoms with Crippen molar-refractivity contribution in [2.75, 3.05) is 5.73 Å². The summed E-state index contributed by atoms with van der Waals surface area (Å²) in [7, 11) is 0. The van der Waals surface area contributed by atoms with E-state index in [1.165, 1.54) is 12.8 Å². The third-order valence-electron chi connectivity index (χ3n) is 3.79. The van der Waals surface area contributed by atoms with Crippen LogP contribution >= 0.6 is 15.9 Å². The molecule has 1 saturated carbocycles. The number of hydrogen-bond acceptors (Lipinski definition) is 4. The minimum Gasteiger partial charge on any atom is -0.420 e. The average molecular weight is 322 g/mol. The highest BCUT2D eigenvalue weighted by Gasteiger charge is 2.23. The second kappa shape index (κ2) is 4.96. The highest BCUT2D eigenvalue weighted by molar-refractivity contribution is 9.10. The third-order valence-corrected chi connectivity index (χ3v) is 4.25. The molecule has 5 heteroatoms. The second-order valence-electron chi connectivity index (χ2n) is 5.09. The van der Waals surface area contributed by atoms with Crippen LogP contribution in [0.1, 0.15) is 43.1 Å². The molecule has 0 unspecified atom stereocenters. The molecular formula is C14H16BrN3O. The summed E-state index contributed by atoms with van der Waals surface area (Å²) < 4.78 is 6.77. The largest absolute Gasteiger partial charge is 0.420 e. The number of aromatic nitrogens is 2. The lowest BCUT2D eigenvalue weighted by molar-refractivity contribution is 0.457. The molecule has 1 aromatic carbocycles. The van der Waals surface area contributed by atoms with Gasteiger partial charge in [-0.15, -0.1) is 10.2 Å². The number of hydrogen-bond donors (Lipinski definition) is 1. The molecule has 2 aromatic rings. The molecule has 3 rings (SSSR count). The molecule has 0 aliphatic heterocycles. The van der Waals surface area contributed by atoms with E-state index >= 15 is 0 Å². The second-order valence-corrected chi connectivity index (χ2v) is 6.01. The smallest absolute Gasteiger partial charge is 0.248 e. The zero-order valence-corrected chi connectivity index (χ0v) is 12.4. The predicted octanol–water partition coefficient (Wildman–Crippen LogP) is 4.05. The summed E-state index contributed by atoms with van der Waals surface area (Å²) in [6.07, 6.45) is 4.82. The van der Waals surface area contributed by atoms with Gasteiger partial charge in [-0.2, -0.15) is 0 Å². The van der Waals surface area contributed by atoms with E-state index in [1.807, 2.05) is 19.1 Å². The molecule has 2 N–H and O–H groups in total. The van der Waals surface area contributed by atoms with Crippen LogP contribution in [-0.4, -0.2) is 10.2 Å². The zero-order valence-electron chi connectivity index (χ0n) is 10.8. The van der Waals surface area contributed by atoms with Gasteiger partial charge in [0.05, 0.1) is 0 Å². The van der Waals surface area contributed by atoms with Gasteiger partial charge in [-0.3, -0.25) is 0 Å². The number of nitrogens with two attached hydrogens (primary N) is 1. The maximum absolute atomic E-state index is 5.97. The first kappa shape index (κ1) is 12.7. The van der Waals surface area contributed by atoms with Crippen LogP contribution in [0.15, 0.2) is 21.0 Å². The van der Waals surface area contributed by atoms with Gasteiger partial charge in [0, 0.05) is 21.6 Å². The van der Waals surface area contributed by atoms with Gasteiger partial charge in [-0.05, 0) is 37.5 Å². The quantitative estimate of drug-likeness (QED) is 0.847. The number of anilines is 1. The standard InChI is InChI=1S/C14H16BrN3O/c1-8-11(6-10(15)7-12(8)16)14-18-17-13(19-14)9-4-2-3-5-9/h6-7,9H,2-5,16H2,1H3. The van der Waals surface area contributed by atoms with E-state index in [9.17, 15) is 0 Å². The SMILES string of the molecule is Cc1c(N)cc(Br)cc1-c1nnc(C2CCCC2)o1. The first-order valence-corrected chi connectivity index (χ1v) is 7.34. The van der Waals surface area contributed by atoms with Gasteiger partial charge in [0.15, 0.2) is 0 Å². The Balaban J connectivity index is 1.98. The highest BCUT2D eigenvalue weighted by atomic mass is 79.9. The Kier molecular flexibility index (Phi) is 3.31. The van der Waals surface area contributed by atoms with E-state index in [4.69, 9.17) is 10.2 Å². The van der Waals surface area contributed by atoms with E-state index in [0.29, 0.717) is 11.8 Å². The molecule has 100 valence electrons. The number of rotatable bonds is 2. The van der Waals surface area contributed by atoms with Crippen molar-refractivity contribution in [2.24, 2.45) is 0 Å². The van der Waals surface area contributed by atoms with Crippen molar-refractivity contribution in [2.45, 2.75) is 38.5 Å². The molecule has 0 amide bonds. The van der Waals surface area contributed by atoms with Crippen molar-refractivity contribution in [3.63, 3.8) is 0 Å². The molecule has 1 aliphatic carbocycles. The Labute approximate surface area is 120 Å². The first-order chi connectivity index (χ1) is 9.15. The molecule has 1 aromatic heterocycles. The molecule has 1 heterocycles. The Bertz CT molecular complexity index is 603. The average Bonchev–Trinajstić information content (AvgIpc) is 3.03. The fraction of sp³-hybridized carbons (Fsp3) is 0.429. The molecule has 0 bridgehead atoms. The molecule has 0 saturated heterocycles. The summed E-state index contributed by atoms with van der Waals surface area (Å²) >= 11 is 3.45. The van der Waals surface area contributed by atoms with Crippen LogP contribution in [0.5, 0.6) is 0 Å². The highest BCUT2D eigenvalue weighted by Crippen LogP contribution is 2.36. The molecule has 19 heavy (non-hydrogen) atoms. The van der Waals surface area contributed by atoms with Crippen molar-refractivity contribution < 1.29 is 4.42 Å². The van der Waals surface area contributed by atoms with E-state index in [0.717, 1.165) is 40.0 Å². The van der Waals surface area contributed by atoms with Gasteiger partial charge >= 0.3 is 0 Å². The number of nitrogen functional groups attached to an aromatic ring is 1. The molecule has 1 fully saturated rings. The first-order valence-electron chi connectivity index (χ1n) is 6.54. The summed E-state index contributed by atoms with van der Waals surface area (Å²) in [5, 5.41) is 8.38. The van der Waals surface area contributed by atoms with Crippen molar-refractivity contribution in [1.82, 2.24) is 10.2 Å². The van der Waals surface area contributed by atoms with Crippen molar-refractivity contribution in [3.8, 4) is 11.5 Å². The predicted molar refractivity (Wildman–Crippen MR) is 77.8 cm³/mol. The summed E-state index contributed by atoms with van der Waals surface area (Å²) in [6, 6.07) is 3.85. The monoisotopic (exact) mass is 321 g/mol. The molecule has 0 atom stereocenters. The van der Waals surface area contributed by atoms with Gasteiger partial charge in [0.1, 0.15) is 0 Å². The maximum Gasteiger partial charge on any atom is 0.248 e. The summed E-state index contributed by atoms with van der Waals surface area (Å²) in [6.45, 7) is 1.97. The van der Waals surface area contributed by atoms with Crippen LogP contribution in [-0.2, 0) is 0 Å². The lowest BCUT2D eigenvalue weighted by Gasteiger charge is -2.06. The van der Waals surface area contributed by atoms with Crippen molar-refractivity contribution >= 4 is 21.6 Å². The Hall–Kier alpha value is -1.36. The van der Waals surface area contributed by atoms with Crippen LogP contribution in [0.25, 0.3) is 11.5 Å². The van der Waals surface area contributed by atoms with Gasteiger partial charge in [-0.1, -0.05) is 28.8 Å². The van der Waals surface area contributed by atoms with E-state index in [1.54, 1.807) is 0 Å². The van der Waals surface area contributed by atoms with Crippen LogP contribution in [0.4, 0.5) is 5.69 Å². The molecule has 1 aliphatic rings. The zero-order chi connectivity index (χ0) is 13.4. The van der Waals surface area contributed by atoms with Crippen LogP contribution in [0.2, 0.25) is 0 Å². The van der Waals surface area contributed by atoms with Crippen LogP contribution in [0, 0.1) is 6.92 Å². The maximum atomic E-state index is 5.97. The normalized spacial score (nSPS) is 16.1. The van der Waals surface area contributed by atoms with Gasteiger partial charge in [-0.25, -0.2) is 0 Å². The number of benzene rings is 1. The molecule has 4 nitrogen and oxygen atoms in total. The Morgan fingerprint density at radius 2 is 2.00 bits per heavy atom. The van der Waals surface area contributed by atoms with Gasteiger partial charge in [0.2, 0.25) is 11.8 Å². The Morgan fingerprint density at radius 1 is 1.26 bits per heavy atom. The lowest BCUT2D eigenvalue weighted by Crippen LogP contribution is -1.93. The van der Waals surface area contributed by atoms with Crippen molar-refractivity contribution in [3.05, 3.63) is 28.1 Å². The summed E-state index contributed by atoms with van der Waals surface area (Å²) in [5.74, 6) is 1.77.